The monoisotopic (exact) mass is 177 g/mol. The first-order valence-electron chi connectivity index (χ1n) is 3.90. The second-order valence-electron chi connectivity index (χ2n) is 3.18. The summed E-state index contributed by atoms with van der Waals surface area (Å²) in [7, 11) is 2.10. The van der Waals surface area contributed by atoms with E-state index in [-0.39, 0.29) is 12.4 Å². The normalized spacial score (nSPS) is 24.7. The lowest BCUT2D eigenvalue weighted by Crippen LogP contribution is -2.26. The van der Waals surface area contributed by atoms with E-state index < -0.39 is 0 Å². The summed E-state index contributed by atoms with van der Waals surface area (Å²) in [6, 6.07) is 0.539. The number of halogens is 1. The molecule has 1 fully saturated rings. The molecule has 0 amide bonds. The number of carbonyl (C=O) groups excluding carboxylic acids is 1. The number of nitrogens with zero attached hydrogens (tertiary/aromatic N) is 1. The van der Waals surface area contributed by atoms with E-state index in [1.165, 1.54) is 12.8 Å². The highest BCUT2D eigenvalue weighted by molar-refractivity contribution is 5.85. The Morgan fingerprint density at radius 1 is 1.64 bits per heavy atom. The number of rotatable bonds is 2. The van der Waals surface area contributed by atoms with E-state index in [4.69, 9.17) is 0 Å². The molecular weight excluding hydrogens is 162 g/mol. The standard InChI is InChI=1S/C8H15NO.ClH/c1-7(10)6-8-4-3-5-9(8)2;/h8H,3-6H2,1-2H3;1H/t8-;/m0./s1. The summed E-state index contributed by atoms with van der Waals surface area (Å²) in [5, 5.41) is 0. The van der Waals surface area contributed by atoms with Gasteiger partial charge in [-0.15, -0.1) is 12.4 Å². The van der Waals surface area contributed by atoms with Crippen LogP contribution in [0.4, 0.5) is 0 Å². The van der Waals surface area contributed by atoms with E-state index in [0.717, 1.165) is 13.0 Å². The topological polar surface area (TPSA) is 20.3 Å². The predicted octanol–water partition coefficient (Wildman–Crippen LogP) is 1.48. The Kier molecular flexibility index (Phi) is 4.69. The Morgan fingerprint density at radius 2 is 2.27 bits per heavy atom. The van der Waals surface area contributed by atoms with Crippen LogP contribution in [-0.2, 0) is 4.79 Å². The fraction of sp³-hybridized carbons (Fsp3) is 0.875. The predicted molar refractivity (Wildman–Crippen MR) is 48.2 cm³/mol. The van der Waals surface area contributed by atoms with Gasteiger partial charge in [0.05, 0.1) is 0 Å². The van der Waals surface area contributed by atoms with Crippen LogP contribution in [-0.4, -0.2) is 30.3 Å². The average Bonchev–Trinajstić information content (AvgIpc) is 2.15. The molecule has 0 unspecified atom stereocenters. The highest BCUT2D eigenvalue weighted by atomic mass is 35.5. The zero-order chi connectivity index (χ0) is 7.56. The van der Waals surface area contributed by atoms with Crippen LogP contribution in [0.15, 0.2) is 0 Å². The van der Waals surface area contributed by atoms with Crippen LogP contribution >= 0.6 is 12.4 Å². The van der Waals surface area contributed by atoms with Crippen LogP contribution in [0, 0.1) is 0 Å². The SMILES string of the molecule is CC(=O)C[C@@H]1CCCN1C.Cl. The lowest BCUT2D eigenvalue weighted by Gasteiger charge is -2.17. The molecule has 0 aromatic carbocycles. The van der Waals surface area contributed by atoms with E-state index >= 15 is 0 Å². The van der Waals surface area contributed by atoms with Crippen molar-refractivity contribution in [1.82, 2.24) is 4.90 Å². The second-order valence-corrected chi connectivity index (χ2v) is 3.18. The summed E-state index contributed by atoms with van der Waals surface area (Å²) in [6.07, 6.45) is 3.21. The largest absolute Gasteiger partial charge is 0.303 e. The molecule has 1 heterocycles. The van der Waals surface area contributed by atoms with Gasteiger partial charge in [0, 0.05) is 12.5 Å². The molecule has 0 aliphatic carbocycles. The minimum absolute atomic E-state index is 0. The molecule has 0 aromatic heterocycles. The third-order valence-electron chi connectivity index (χ3n) is 2.19. The van der Waals surface area contributed by atoms with E-state index in [1.807, 2.05) is 0 Å². The second kappa shape index (κ2) is 4.73. The molecule has 0 spiro atoms. The summed E-state index contributed by atoms with van der Waals surface area (Å²) >= 11 is 0. The van der Waals surface area contributed by atoms with Gasteiger partial charge in [-0.25, -0.2) is 0 Å². The van der Waals surface area contributed by atoms with Gasteiger partial charge in [0.2, 0.25) is 0 Å². The molecule has 11 heavy (non-hydrogen) atoms. The zero-order valence-electron chi connectivity index (χ0n) is 7.17. The maximum atomic E-state index is 10.7. The van der Waals surface area contributed by atoms with Crippen LogP contribution < -0.4 is 0 Å². The van der Waals surface area contributed by atoms with Crippen LogP contribution in [0.2, 0.25) is 0 Å². The van der Waals surface area contributed by atoms with Gasteiger partial charge in [0.15, 0.2) is 0 Å². The van der Waals surface area contributed by atoms with Gasteiger partial charge in [-0.3, -0.25) is 4.79 Å². The maximum absolute atomic E-state index is 10.7. The third-order valence-corrected chi connectivity index (χ3v) is 2.19. The molecule has 1 saturated heterocycles. The summed E-state index contributed by atoms with van der Waals surface area (Å²) < 4.78 is 0. The van der Waals surface area contributed by atoms with Crippen LogP contribution in [0.3, 0.4) is 0 Å². The van der Waals surface area contributed by atoms with E-state index in [1.54, 1.807) is 6.92 Å². The van der Waals surface area contributed by atoms with E-state index in [0.29, 0.717) is 11.8 Å². The Balaban J connectivity index is 0.000001000. The summed E-state index contributed by atoms with van der Waals surface area (Å²) in [5.41, 5.74) is 0. The number of hydrogen-bond donors (Lipinski definition) is 0. The van der Waals surface area contributed by atoms with Crippen molar-refractivity contribution in [1.29, 1.82) is 0 Å². The molecule has 2 nitrogen and oxygen atoms in total. The average molecular weight is 178 g/mol. The Bertz CT molecular complexity index is 138. The highest BCUT2D eigenvalue weighted by Gasteiger charge is 2.21. The van der Waals surface area contributed by atoms with Gasteiger partial charge in [-0.05, 0) is 33.4 Å². The lowest BCUT2D eigenvalue weighted by atomic mass is 10.1. The first-order valence-corrected chi connectivity index (χ1v) is 3.90. The van der Waals surface area contributed by atoms with Crippen molar-refractivity contribution in [2.24, 2.45) is 0 Å². The van der Waals surface area contributed by atoms with Crippen LogP contribution in [0.25, 0.3) is 0 Å². The van der Waals surface area contributed by atoms with Gasteiger partial charge >= 0.3 is 0 Å². The lowest BCUT2D eigenvalue weighted by molar-refractivity contribution is -0.117. The molecule has 1 atom stereocenters. The van der Waals surface area contributed by atoms with Crippen molar-refractivity contribution in [2.75, 3.05) is 13.6 Å². The van der Waals surface area contributed by atoms with Gasteiger partial charge in [-0.2, -0.15) is 0 Å². The molecule has 3 heteroatoms. The molecule has 1 rings (SSSR count). The first kappa shape index (κ1) is 10.9. The Labute approximate surface area is 74.4 Å². The fourth-order valence-corrected chi connectivity index (χ4v) is 1.57. The maximum Gasteiger partial charge on any atom is 0.131 e. The van der Waals surface area contributed by atoms with Crippen LogP contribution in [0.5, 0.6) is 0 Å². The molecular formula is C8H16ClNO. The van der Waals surface area contributed by atoms with Crippen LogP contribution in [0.1, 0.15) is 26.2 Å². The smallest absolute Gasteiger partial charge is 0.131 e. The molecule has 0 bridgehead atoms. The third kappa shape index (κ3) is 3.21. The van der Waals surface area contributed by atoms with Crippen molar-refractivity contribution >= 4 is 18.2 Å². The highest BCUT2D eigenvalue weighted by Crippen LogP contribution is 2.17. The molecule has 1 aliphatic heterocycles. The number of likely N-dealkylation sites (tertiary alicyclic amines) is 1. The van der Waals surface area contributed by atoms with Gasteiger partial charge in [-0.1, -0.05) is 0 Å². The fourth-order valence-electron chi connectivity index (χ4n) is 1.57. The van der Waals surface area contributed by atoms with Gasteiger partial charge in [0.25, 0.3) is 0 Å². The summed E-state index contributed by atoms with van der Waals surface area (Å²) in [4.78, 5) is 13.0. The number of carbonyl (C=O) groups is 1. The molecule has 66 valence electrons. The molecule has 0 saturated carbocycles. The Morgan fingerprint density at radius 3 is 2.64 bits per heavy atom. The van der Waals surface area contributed by atoms with Crippen molar-refractivity contribution < 1.29 is 4.79 Å². The molecule has 1 aliphatic rings. The first-order chi connectivity index (χ1) is 4.70. The minimum Gasteiger partial charge on any atom is -0.303 e. The summed E-state index contributed by atoms with van der Waals surface area (Å²) in [5.74, 6) is 0.318. The van der Waals surface area contributed by atoms with Crippen molar-refractivity contribution in [2.45, 2.75) is 32.2 Å². The number of hydrogen-bond acceptors (Lipinski definition) is 2. The van der Waals surface area contributed by atoms with Crippen molar-refractivity contribution in [3.63, 3.8) is 0 Å². The number of ketones is 1. The van der Waals surface area contributed by atoms with Crippen molar-refractivity contribution in [3.8, 4) is 0 Å². The van der Waals surface area contributed by atoms with Crippen molar-refractivity contribution in [3.05, 3.63) is 0 Å². The quantitative estimate of drug-likeness (QED) is 0.637. The van der Waals surface area contributed by atoms with E-state index in [9.17, 15) is 4.79 Å². The van der Waals surface area contributed by atoms with Gasteiger partial charge < -0.3 is 4.90 Å². The summed E-state index contributed by atoms with van der Waals surface area (Å²) in [6.45, 7) is 2.84. The Hall–Kier alpha value is -0.0800. The molecule has 0 N–H and O–H groups in total. The minimum atomic E-state index is 0. The van der Waals surface area contributed by atoms with Gasteiger partial charge in [0.1, 0.15) is 5.78 Å². The van der Waals surface area contributed by atoms with E-state index in [2.05, 4.69) is 11.9 Å². The number of Topliss-reactive ketones (excluding diaryl/α,β-unsaturated/α-hetero) is 1. The molecule has 0 radical (unpaired) electrons. The molecule has 0 aromatic rings. The zero-order valence-corrected chi connectivity index (χ0v) is 7.99.